The maximum atomic E-state index is 12.2. The van der Waals surface area contributed by atoms with Crippen LogP contribution in [0.4, 0.5) is 0 Å². The Hall–Kier alpha value is -1.42. The van der Waals surface area contributed by atoms with Gasteiger partial charge in [0.15, 0.2) is 0 Å². The lowest BCUT2D eigenvalue weighted by Gasteiger charge is -1.99. The highest BCUT2D eigenvalue weighted by Gasteiger charge is 2.53. The summed E-state index contributed by atoms with van der Waals surface area (Å²) in [6, 6.07) is 7.83. The second kappa shape index (κ2) is 6.56. The standard InChI is InChI=1S/C17H19BrN2O/c18-13-7-5-6-12(10-13)11-19-20-17(21)16-14-8-3-1-2-4-9-15(14)16/h1-2,5-7,10-11,14-16H,3-4,8-9H2,(H,20,21)/b2-1?,19-11-/t14-,15-/m1/s1. The van der Waals surface area contributed by atoms with Gasteiger partial charge in [0.2, 0.25) is 5.91 Å². The molecule has 0 heterocycles. The van der Waals surface area contributed by atoms with E-state index < -0.39 is 0 Å². The van der Waals surface area contributed by atoms with Crippen LogP contribution in [0.1, 0.15) is 31.2 Å². The second-order valence-electron chi connectivity index (χ2n) is 5.77. The minimum Gasteiger partial charge on any atom is -0.273 e. The van der Waals surface area contributed by atoms with Gasteiger partial charge in [-0.2, -0.15) is 5.10 Å². The van der Waals surface area contributed by atoms with Crippen LogP contribution in [-0.4, -0.2) is 12.1 Å². The first-order valence-electron chi connectivity index (χ1n) is 7.49. The summed E-state index contributed by atoms with van der Waals surface area (Å²) < 4.78 is 1.01. The number of fused-ring (bicyclic) bond motifs is 1. The molecule has 110 valence electrons. The molecule has 0 spiro atoms. The van der Waals surface area contributed by atoms with Gasteiger partial charge in [0.1, 0.15) is 0 Å². The number of allylic oxidation sites excluding steroid dienone is 2. The van der Waals surface area contributed by atoms with Crippen LogP contribution >= 0.6 is 15.9 Å². The van der Waals surface area contributed by atoms with Crippen molar-refractivity contribution < 1.29 is 4.79 Å². The lowest BCUT2D eigenvalue weighted by Crippen LogP contribution is -2.21. The van der Waals surface area contributed by atoms with E-state index in [9.17, 15) is 4.79 Å². The van der Waals surface area contributed by atoms with E-state index in [1.807, 2.05) is 24.3 Å². The van der Waals surface area contributed by atoms with E-state index in [0.29, 0.717) is 11.8 Å². The molecule has 3 nitrogen and oxygen atoms in total. The first kappa shape index (κ1) is 14.5. The van der Waals surface area contributed by atoms with E-state index in [4.69, 9.17) is 0 Å². The number of hydrogen-bond donors (Lipinski definition) is 1. The summed E-state index contributed by atoms with van der Waals surface area (Å²) in [4.78, 5) is 12.2. The summed E-state index contributed by atoms with van der Waals surface area (Å²) in [6.45, 7) is 0. The minimum atomic E-state index is 0.0816. The third-order valence-corrected chi connectivity index (χ3v) is 4.86. The smallest absolute Gasteiger partial charge is 0.243 e. The molecule has 0 aromatic heterocycles. The molecule has 21 heavy (non-hydrogen) atoms. The molecule has 0 aliphatic heterocycles. The fourth-order valence-corrected chi connectivity index (χ4v) is 3.68. The number of carbonyl (C=O) groups is 1. The van der Waals surface area contributed by atoms with Gasteiger partial charge < -0.3 is 0 Å². The van der Waals surface area contributed by atoms with Crippen molar-refractivity contribution >= 4 is 28.1 Å². The zero-order chi connectivity index (χ0) is 14.7. The SMILES string of the molecule is O=C(N/N=C\c1cccc(Br)c1)C1[C@@H]2CCC=CCC[C@@H]12. The maximum absolute atomic E-state index is 12.2. The molecule has 0 bridgehead atoms. The van der Waals surface area contributed by atoms with Crippen molar-refractivity contribution in [3.63, 3.8) is 0 Å². The number of nitrogens with zero attached hydrogens (tertiary/aromatic N) is 1. The lowest BCUT2D eigenvalue weighted by molar-refractivity contribution is -0.122. The van der Waals surface area contributed by atoms with Gasteiger partial charge in [-0.1, -0.05) is 40.2 Å². The molecule has 1 aromatic rings. The van der Waals surface area contributed by atoms with Gasteiger partial charge in [-0.25, -0.2) is 5.43 Å². The summed E-state index contributed by atoms with van der Waals surface area (Å²) >= 11 is 3.42. The largest absolute Gasteiger partial charge is 0.273 e. The van der Waals surface area contributed by atoms with Crippen LogP contribution in [0, 0.1) is 17.8 Å². The lowest BCUT2D eigenvalue weighted by atomic mass is 10.1. The van der Waals surface area contributed by atoms with Gasteiger partial charge in [-0.15, -0.1) is 0 Å². The molecular formula is C17H19BrN2O. The minimum absolute atomic E-state index is 0.0816. The van der Waals surface area contributed by atoms with Crippen molar-refractivity contribution in [3.8, 4) is 0 Å². The van der Waals surface area contributed by atoms with Crippen molar-refractivity contribution in [1.82, 2.24) is 5.43 Å². The van der Waals surface area contributed by atoms with Gasteiger partial charge in [0.05, 0.1) is 6.21 Å². The molecule has 0 saturated heterocycles. The van der Waals surface area contributed by atoms with E-state index in [-0.39, 0.29) is 11.8 Å². The summed E-state index contributed by atoms with van der Waals surface area (Å²) in [5.41, 5.74) is 3.67. The number of halogens is 1. The van der Waals surface area contributed by atoms with Crippen LogP contribution in [0.5, 0.6) is 0 Å². The van der Waals surface area contributed by atoms with Gasteiger partial charge in [-0.05, 0) is 55.2 Å². The third-order valence-electron chi connectivity index (χ3n) is 4.37. The molecule has 2 aliphatic carbocycles. The summed E-state index contributed by atoms with van der Waals surface area (Å²) in [7, 11) is 0. The Labute approximate surface area is 133 Å². The van der Waals surface area contributed by atoms with Gasteiger partial charge >= 0.3 is 0 Å². The molecule has 1 N–H and O–H groups in total. The zero-order valence-electron chi connectivity index (χ0n) is 11.8. The van der Waals surface area contributed by atoms with Crippen LogP contribution in [0.15, 0.2) is 46.0 Å². The van der Waals surface area contributed by atoms with Crippen molar-refractivity contribution in [2.45, 2.75) is 25.7 Å². The second-order valence-corrected chi connectivity index (χ2v) is 6.68. The third kappa shape index (κ3) is 3.62. The van der Waals surface area contributed by atoms with E-state index in [0.717, 1.165) is 35.7 Å². The molecule has 1 amide bonds. The topological polar surface area (TPSA) is 41.5 Å². The predicted octanol–water partition coefficient (Wildman–Crippen LogP) is 3.89. The fraction of sp³-hybridized carbons (Fsp3) is 0.412. The molecule has 2 atom stereocenters. The molecule has 0 unspecified atom stereocenters. The van der Waals surface area contributed by atoms with E-state index in [1.54, 1.807) is 6.21 Å². The van der Waals surface area contributed by atoms with Crippen LogP contribution in [0.3, 0.4) is 0 Å². The Morgan fingerprint density at radius 3 is 2.62 bits per heavy atom. The highest BCUT2D eigenvalue weighted by Crippen LogP contribution is 2.52. The molecule has 2 aliphatic rings. The Morgan fingerprint density at radius 1 is 1.24 bits per heavy atom. The van der Waals surface area contributed by atoms with E-state index in [2.05, 4.69) is 38.6 Å². The molecule has 3 rings (SSSR count). The number of hydrogen-bond acceptors (Lipinski definition) is 2. The van der Waals surface area contributed by atoms with Gasteiger partial charge in [0.25, 0.3) is 0 Å². The molecular weight excluding hydrogens is 328 g/mol. The fourth-order valence-electron chi connectivity index (χ4n) is 3.27. The Balaban J connectivity index is 1.53. The highest BCUT2D eigenvalue weighted by atomic mass is 79.9. The normalized spacial score (nSPS) is 27.8. The summed E-state index contributed by atoms with van der Waals surface area (Å²) in [6.07, 6.45) is 10.7. The van der Waals surface area contributed by atoms with Gasteiger partial charge in [-0.3, -0.25) is 4.79 Å². The van der Waals surface area contributed by atoms with Crippen LogP contribution in [0.25, 0.3) is 0 Å². The van der Waals surface area contributed by atoms with Crippen molar-refractivity contribution in [1.29, 1.82) is 0 Å². The first-order valence-corrected chi connectivity index (χ1v) is 8.28. The van der Waals surface area contributed by atoms with E-state index in [1.165, 1.54) is 0 Å². The summed E-state index contributed by atoms with van der Waals surface area (Å²) in [5, 5.41) is 4.09. The average molecular weight is 347 g/mol. The number of benzene rings is 1. The first-order chi connectivity index (χ1) is 10.3. The Bertz CT molecular complexity index is 566. The molecule has 1 saturated carbocycles. The number of carbonyl (C=O) groups excluding carboxylic acids is 1. The zero-order valence-corrected chi connectivity index (χ0v) is 13.4. The molecule has 0 radical (unpaired) electrons. The number of nitrogens with one attached hydrogen (secondary N) is 1. The van der Waals surface area contributed by atoms with Crippen LogP contribution in [0.2, 0.25) is 0 Å². The number of amides is 1. The number of rotatable bonds is 3. The summed E-state index contributed by atoms with van der Waals surface area (Å²) in [5.74, 6) is 1.38. The Kier molecular flexibility index (Phi) is 4.54. The molecule has 1 fully saturated rings. The Morgan fingerprint density at radius 2 is 1.95 bits per heavy atom. The van der Waals surface area contributed by atoms with Crippen LogP contribution in [-0.2, 0) is 4.79 Å². The highest BCUT2D eigenvalue weighted by molar-refractivity contribution is 9.10. The monoisotopic (exact) mass is 346 g/mol. The number of hydrazone groups is 1. The van der Waals surface area contributed by atoms with Crippen molar-refractivity contribution in [3.05, 3.63) is 46.5 Å². The van der Waals surface area contributed by atoms with Crippen LogP contribution < -0.4 is 5.43 Å². The average Bonchev–Trinajstić information content (AvgIpc) is 3.10. The van der Waals surface area contributed by atoms with E-state index >= 15 is 0 Å². The van der Waals surface area contributed by atoms with Crippen molar-refractivity contribution in [2.75, 3.05) is 0 Å². The van der Waals surface area contributed by atoms with Crippen molar-refractivity contribution in [2.24, 2.45) is 22.9 Å². The maximum Gasteiger partial charge on any atom is 0.243 e. The van der Waals surface area contributed by atoms with Gasteiger partial charge in [0, 0.05) is 10.4 Å². The molecule has 1 aromatic carbocycles. The predicted molar refractivity (Wildman–Crippen MR) is 88.0 cm³/mol. The quantitative estimate of drug-likeness (QED) is 0.503. The molecule has 4 heteroatoms.